The first-order valence-corrected chi connectivity index (χ1v) is 9.90. The second-order valence-electron chi connectivity index (χ2n) is 7.63. The van der Waals surface area contributed by atoms with Gasteiger partial charge in [0.05, 0.1) is 16.8 Å². The van der Waals surface area contributed by atoms with Gasteiger partial charge in [-0.1, -0.05) is 24.6 Å². The van der Waals surface area contributed by atoms with Gasteiger partial charge in [-0.15, -0.1) is 0 Å². The molecule has 27 heavy (non-hydrogen) atoms. The van der Waals surface area contributed by atoms with Crippen molar-refractivity contribution in [2.75, 3.05) is 5.32 Å². The average molecular weight is 364 g/mol. The minimum absolute atomic E-state index is 0.339. The topological polar surface area (TPSA) is 81.6 Å². The lowest BCUT2D eigenvalue weighted by atomic mass is 9.92. The van der Waals surface area contributed by atoms with E-state index in [1.807, 2.05) is 11.6 Å². The second kappa shape index (κ2) is 7.27. The maximum atomic E-state index is 6.06. The van der Waals surface area contributed by atoms with E-state index < -0.39 is 0 Å². The van der Waals surface area contributed by atoms with E-state index >= 15 is 0 Å². The van der Waals surface area contributed by atoms with Crippen molar-refractivity contribution in [3.63, 3.8) is 0 Å². The zero-order valence-electron chi connectivity index (χ0n) is 16.4. The molecule has 0 bridgehead atoms. The van der Waals surface area contributed by atoms with Crippen molar-refractivity contribution in [1.82, 2.24) is 19.7 Å². The molecule has 0 spiro atoms. The molecular formula is C21H28N6. The van der Waals surface area contributed by atoms with Crippen molar-refractivity contribution in [3.05, 3.63) is 41.3 Å². The molecule has 0 saturated heterocycles. The fraction of sp³-hybridized carbons (Fsp3) is 0.476. The van der Waals surface area contributed by atoms with Gasteiger partial charge < -0.3 is 11.1 Å². The Kier molecular flexibility index (Phi) is 4.83. The van der Waals surface area contributed by atoms with Gasteiger partial charge in [0.1, 0.15) is 11.6 Å². The van der Waals surface area contributed by atoms with Gasteiger partial charge in [-0.25, -0.2) is 14.6 Å². The number of nitrogens with zero attached hydrogens (tertiary/aromatic N) is 4. The molecule has 1 aliphatic carbocycles. The summed E-state index contributed by atoms with van der Waals surface area (Å²) in [7, 11) is 0. The maximum Gasteiger partial charge on any atom is 0.168 e. The first-order chi connectivity index (χ1) is 13.0. The quantitative estimate of drug-likeness (QED) is 0.738. The molecule has 0 radical (unpaired) electrons. The van der Waals surface area contributed by atoms with Gasteiger partial charge in [0.15, 0.2) is 5.65 Å². The molecule has 0 atom stereocenters. The second-order valence-corrected chi connectivity index (χ2v) is 7.63. The molecule has 0 unspecified atom stereocenters. The predicted octanol–water partition coefficient (Wildman–Crippen LogP) is 3.68. The highest BCUT2D eigenvalue weighted by Crippen LogP contribution is 2.29. The Labute approximate surface area is 160 Å². The van der Waals surface area contributed by atoms with Gasteiger partial charge in [-0.3, -0.25) is 0 Å². The van der Waals surface area contributed by atoms with E-state index in [2.05, 4.69) is 43.4 Å². The lowest BCUT2D eigenvalue weighted by Gasteiger charge is -2.27. The molecular weight excluding hydrogens is 336 g/mol. The lowest BCUT2D eigenvalue weighted by Crippen LogP contribution is -2.33. The van der Waals surface area contributed by atoms with Gasteiger partial charge >= 0.3 is 0 Å². The molecule has 0 amide bonds. The number of fused-ring (bicyclic) bond motifs is 1. The molecule has 1 saturated carbocycles. The first kappa shape index (κ1) is 17.9. The molecule has 1 fully saturated rings. The normalized spacial score (nSPS) is 20.1. The van der Waals surface area contributed by atoms with E-state index in [1.54, 1.807) is 0 Å². The van der Waals surface area contributed by atoms with Crippen molar-refractivity contribution in [2.24, 2.45) is 5.73 Å². The number of aromatic nitrogens is 4. The summed E-state index contributed by atoms with van der Waals surface area (Å²) in [5.74, 6) is 1.75. The van der Waals surface area contributed by atoms with E-state index in [0.29, 0.717) is 12.1 Å². The van der Waals surface area contributed by atoms with E-state index in [1.165, 1.54) is 5.56 Å². The van der Waals surface area contributed by atoms with Crippen molar-refractivity contribution < 1.29 is 0 Å². The summed E-state index contributed by atoms with van der Waals surface area (Å²) in [5.41, 5.74) is 10.1. The molecule has 2 aromatic heterocycles. The summed E-state index contributed by atoms with van der Waals surface area (Å²) < 4.78 is 1.94. The SMILES string of the molecule is CCc1nc(NC2CCC(N)CC2)c2c(C)nn(-c3ccc(C)cc3)c2n1. The Morgan fingerprint density at radius 1 is 1.07 bits per heavy atom. The van der Waals surface area contributed by atoms with E-state index in [9.17, 15) is 0 Å². The minimum atomic E-state index is 0.339. The van der Waals surface area contributed by atoms with Crippen molar-refractivity contribution in [3.8, 4) is 5.69 Å². The minimum Gasteiger partial charge on any atom is -0.367 e. The molecule has 6 nitrogen and oxygen atoms in total. The molecule has 3 N–H and O–H groups in total. The number of nitrogens with two attached hydrogens (primary N) is 1. The Morgan fingerprint density at radius 3 is 2.44 bits per heavy atom. The third kappa shape index (κ3) is 3.54. The summed E-state index contributed by atoms with van der Waals surface area (Å²) >= 11 is 0. The van der Waals surface area contributed by atoms with Crippen LogP contribution in [0.3, 0.4) is 0 Å². The smallest absolute Gasteiger partial charge is 0.168 e. The van der Waals surface area contributed by atoms with Crippen LogP contribution in [0.4, 0.5) is 5.82 Å². The van der Waals surface area contributed by atoms with Crippen molar-refractivity contribution in [1.29, 1.82) is 0 Å². The highest BCUT2D eigenvalue weighted by atomic mass is 15.3. The Bertz CT molecular complexity index is 935. The van der Waals surface area contributed by atoms with Crippen LogP contribution in [0.15, 0.2) is 24.3 Å². The maximum absolute atomic E-state index is 6.06. The molecule has 1 aromatic carbocycles. The standard InChI is InChI=1S/C21H28N6/c1-4-18-24-20(23-16-9-7-15(22)8-10-16)19-14(3)26-27(21(19)25-18)17-11-5-13(2)6-12-17/h5-6,11-12,15-16H,4,7-10,22H2,1-3H3,(H,23,24,25). The van der Waals surface area contributed by atoms with Crippen LogP contribution in [0, 0.1) is 13.8 Å². The number of aryl methyl sites for hydroxylation is 3. The summed E-state index contributed by atoms with van der Waals surface area (Å²) in [4.78, 5) is 9.62. The van der Waals surface area contributed by atoms with Gasteiger partial charge in [0.2, 0.25) is 0 Å². The van der Waals surface area contributed by atoms with Crippen LogP contribution in [-0.4, -0.2) is 31.8 Å². The number of hydrogen-bond donors (Lipinski definition) is 2. The first-order valence-electron chi connectivity index (χ1n) is 9.90. The molecule has 2 heterocycles. The van der Waals surface area contributed by atoms with Crippen LogP contribution < -0.4 is 11.1 Å². The number of rotatable bonds is 4. The van der Waals surface area contributed by atoms with Crippen LogP contribution in [0.1, 0.15) is 49.7 Å². The van der Waals surface area contributed by atoms with Crippen LogP contribution in [0.25, 0.3) is 16.7 Å². The third-order valence-corrected chi connectivity index (χ3v) is 5.46. The van der Waals surface area contributed by atoms with Crippen molar-refractivity contribution >= 4 is 16.9 Å². The fourth-order valence-corrected chi connectivity index (χ4v) is 3.81. The van der Waals surface area contributed by atoms with Crippen LogP contribution >= 0.6 is 0 Å². The molecule has 0 aliphatic heterocycles. The summed E-state index contributed by atoms with van der Waals surface area (Å²) in [6, 6.07) is 9.13. The number of hydrogen-bond acceptors (Lipinski definition) is 5. The molecule has 1 aliphatic rings. The fourth-order valence-electron chi connectivity index (χ4n) is 3.81. The molecule has 4 rings (SSSR count). The monoisotopic (exact) mass is 364 g/mol. The average Bonchev–Trinajstić information content (AvgIpc) is 3.01. The third-order valence-electron chi connectivity index (χ3n) is 5.46. The largest absolute Gasteiger partial charge is 0.367 e. The molecule has 6 heteroatoms. The number of anilines is 1. The zero-order chi connectivity index (χ0) is 19.0. The van der Waals surface area contributed by atoms with Crippen LogP contribution in [0.2, 0.25) is 0 Å². The lowest BCUT2D eigenvalue weighted by molar-refractivity contribution is 0.410. The molecule has 142 valence electrons. The Balaban J connectivity index is 1.78. The highest BCUT2D eigenvalue weighted by molar-refractivity contribution is 5.90. The number of nitrogens with one attached hydrogen (secondary N) is 1. The zero-order valence-corrected chi connectivity index (χ0v) is 16.4. The van der Waals surface area contributed by atoms with E-state index in [0.717, 1.165) is 66.2 Å². The Morgan fingerprint density at radius 2 is 1.78 bits per heavy atom. The highest BCUT2D eigenvalue weighted by Gasteiger charge is 2.22. The predicted molar refractivity (Wildman–Crippen MR) is 109 cm³/mol. The summed E-state index contributed by atoms with van der Waals surface area (Å²) in [6.45, 7) is 6.21. The van der Waals surface area contributed by atoms with Crippen LogP contribution in [0.5, 0.6) is 0 Å². The van der Waals surface area contributed by atoms with E-state index in [4.69, 9.17) is 20.8 Å². The van der Waals surface area contributed by atoms with Crippen molar-refractivity contribution in [2.45, 2.75) is 65.0 Å². The molecule has 3 aromatic rings. The van der Waals surface area contributed by atoms with Gasteiger partial charge in [-0.2, -0.15) is 5.10 Å². The Hall–Kier alpha value is -2.47. The number of benzene rings is 1. The summed E-state index contributed by atoms with van der Waals surface area (Å²) in [6.07, 6.45) is 5.08. The van der Waals surface area contributed by atoms with Gasteiger partial charge in [0.25, 0.3) is 0 Å². The van der Waals surface area contributed by atoms with Crippen LogP contribution in [-0.2, 0) is 6.42 Å². The van der Waals surface area contributed by atoms with E-state index in [-0.39, 0.29) is 0 Å². The van der Waals surface area contributed by atoms with Gasteiger partial charge in [0, 0.05) is 18.5 Å². The summed E-state index contributed by atoms with van der Waals surface area (Å²) in [5, 5.41) is 9.48. The van der Waals surface area contributed by atoms with Gasteiger partial charge in [-0.05, 0) is 51.7 Å².